The van der Waals surface area contributed by atoms with Gasteiger partial charge in [0.1, 0.15) is 11.8 Å². The largest absolute Gasteiger partial charge is 0.506 e. The van der Waals surface area contributed by atoms with Crippen LogP contribution in [0.15, 0.2) is 48.7 Å². The maximum Gasteiger partial charge on any atom is 0.317 e. The first-order chi connectivity index (χ1) is 39.5. The molecule has 0 saturated carbocycles. The molecule has 3 fully saturated rings. The average molecular weight is 1210 g/mol. The standard InChI is InChI=1S/C57H78ClN9O14S2/c1-33(2)18-37-21-40(68)27-61-54(78)38(19-35-8-10-48(70)43(58)20-35)24-50(72)47-25-41(69)28-67(47)57(81)46(32-83-82-31-34(3)62-56(37)80)64-55(79)36(9-11-52(74)75)23-49(71)45(22-39-26-60-44-7-5-4-6-42(39)44)63-51(73)29-65-14-12-59-13-15-66(17-16-65)30-53(76)77/h4-8,10,20,26,33-34,36-38,41,45-47,59-60,69-70H,9,11-19,21-25,27-32H2,1-3H3,(H,61,78)(H,62,80)(H,63,73)(H,64,79)(H,74,75)(H,76,77)/t34-,36+,37-,38-,41-,45+,46+,47+/m1/s1. The summed E-state index contributed by atoms with van der Waals surface area (Å²) in [5, 5.41) is 55.9. The average Bonchev–Trinajstić information content (AvgIpc) is 4.15. The number of phenolic OH excluding ortho intramolecular Hbond substituents is 1. The summed E-state index contributed by atoms with van der Waals surface area (Å²) in [6.45, 7) is 7.23. The number of carboxylic acids is 2. The molecule has 23 nitrogen and oxygen atoms in total. The maximum absolute atomic E-state index is 15.0. The number of aromatic amines is 1. The van der Waals surface area contributed by atoms with Crippen molar-refractivity contribution in [2.45, 2.75) is 109 Å². The van der Waals surface area contributed by atoms with Crippen molar-refractivity contribution in [2.75, 3.05) is 77.0 Å². The summed E-state index contributed by atoms with van der Waals surface area (Å²) in [4.78, 5) is 146. The molecule has 3 saturated heterocycles. The van der Waals surface area contributed by atoms with Crippen LogP contribution in [0.4, 0.5) is 0 Å². The number of aliphatic hydroxyl groups is 1. The van der Waals surface area contributed by atoms with E-state index in [1.165, 1.54) is 29.0 Å². The number of carbonyl (C=O) groups excluding carboxylic acids is 8. The number of aromatic hydroxyl groups is 1. The van der Waals surface area contributed by atoms with Crippen LogP contribution in [0.3, 0.4) is 0 Å². The first-order valence-corrected chi connectivity index (χ1v) is 31.0. The zero-order chi connectivity index (χ0) is 60.3. The Hall–Kier alpha value is -6.09. The minimum absolute atomic E-state index is 0.0104. The van der Waals surface area contributed by atoms with Gasteiger partial charge in [0.05, 0.1) is 42.8 Å². The van der Waals surface area contributed by atoms with E-state index in [-0.39, 0.29) is 80.1 Å². The summed E-state index contributed by atoms with van der Waals surface area (Å²) in [7, 11) is 2.43. The number of carboxylic acid groups (broad SMARTS) is 2. The number of H-pyrrole nitrogens is 1. The Bertz CT molecular complexity index is 2800. The van der Waals surface area contributed by atoms with E-state index in [1.807, 2.05) is 43.0 Å². The molecule has 2 aromatic carbocycles. The van der Waals surface area contributed by atoms with Gasteiger partial charge in [0.15, 0.2) is 17.3 Å². The highest BCUT2D eigenvalue weighted by Gasteiger charge is 2.43. The van der Waals surface area contributed by atoms with Crippen LogP contribution in [-0.4, -0.2) is 206 Å². The van der Waals surface area contributed by atoms with Crippen molar-refractivity contribution in [1.29, 1.82) is 0 Å². The number of aromatic nitrogens is 1. The van der Waals surface area contributed by atoms with Crippen LogP contribution in [0, 0.1) is 23.7 Å². The zero-order valence-corrected chi connectivity index (χ0v) is 49.5. The molecule has 0 aliphatic carbocycles. The molecule has 0 spiro atoms. The lowest BCUT2D eigenvalue weighted by Gasteiger charge is -2.30. The summed E-state index contributed by atoms with van der Waals surface area (Å²) >= 11 is 6.23. The number of hydrogen-bond acceptors (Lipinski definition) is 17. The summed E-state index contributed by atoms with van der Waals surface area (Å²) in [5.74, 6) is -10.3. The summed E-state index contributed by atoms with van der Waals surface area (Å²) < 4.78 is 0. The number of nitrogens with zero attached hydrogens (tertiary/aromatic N) is 3. The molecule has 6 rings (SSSR count). The molecule has 0 unspecified atom stereocenters. The Kier molecular flexibility index (Phi) is 25.7. The lowest BCUT2D eigenvalue weighted by atomic mass is 9.90. The molecule has 83 heavy (non-hydrogen) atoms. The van der Waals surface area contributed by atoms with E-state index in [0.29, 0.717) is 62.6 Å². The van der Waals surface area contributed by atoms with Crippen molar-refractivity contribution in [2.24, 2.45) is 23.7 Å². The minimum atomic E-state index is -1.43. The normalized spacial score (nSPS) is 23.4. The van der Waals surface area contributed by atoms with Crippen molar-refractivity contribution >= 4 is 103 Å². The molecule has 26 heteroatoms. The number of nitrogens with one attached hydrogen (secondary N) is 6. The van der Waals surface area contributed by atoms with Gasteiger partial charge in [-0.3, -0.25) is 57.7 Å². The lowest BCUT2D eigenvalue weighted by molar-refractivity contribution is -0.142. The fraction of sp³-hybridized carbons (Fsp3) is 0.579. The molecule has 454 valence electrons. The predicted molar refractivity (Wildman–Crippen MR) is 313 cm³/mol. The van der Waals surface area contributed by atoms with E-state index in [9.17, 15) is 68.4 Å². The fourth-order valence-corrected chi connectivity index (χ4v) is 13.3. The van der Waals surface area contributed by atoms with Gasteiger partial charge in [-0.2, -0.15) is 0 Å². The van der Waals surface area contributed by atoms with Crippen LogP contribution < -0.4 is 26.6 Å². The molecule has 4 heterocycles. The third-order valence-electron chi connectivity index (χ3n) is 15.0. The zero-order valence-electron chi connectivity index (χ0n) is 47.1. The van der Waals surface area contributed by atoms with Gasteiger partial charge < -0.3 is 56.9 Å². The second-order valence-electron chi connectivity index (χ2n) is 22.3. The Morgan fingerprint density at radius 3 is 2.28 bits per heavy atom. The topological polar surface area (TPSA) is 337 Å². The molecule has 5 amide bonds. The van der Waals surface area contributed by atoms with Gasteiger partial charge >= 0.3 is 11.9 Å². The quantitative estimate of drug-likeness (QED) is 0.0769. The van der Waals surface area contributed by atoms with E-state index < -0.39 is 127 Å². The lowest BCUT2D eigenvalue weighted by Crippen LogP contribution is -2.54. The van der Waals surface area contributed by atoms with Crippen molar-refractivity contribution in [3.63, 3.8) is 0 Å². The third-order valence-corrected chi connectivity index (χ3v) is 17.9. The molecule has 1 aromatic heterocycles. The van der Waals surface area contributed by atoms with Crippen molar-refractivity contribution < 1.29 is 68.4 Å². The number of rotatable bonds is 19. The number of benzene rings is 2. The van der Waals surface area contributed by atoms with Crippen LogP contribution in [0.5, 0.6) is 5.75 Å². The first kappa shape index (κ1) is 66.1. The molecule has 0 bridgehead atoms. The Labute approximate surface area is 495 Å². The SMILES string of the molecule is CC(C)C[C@@H]1CC(=O)CNC(=O)[C@H](Cc2ccc(O)c(Cl)c2)CC(=O)[C@@H]2C[C@@H](O)CN2C(=O)[C@@H](NC(=O)[C@@H](CCC(=O)O)CC(=O)[C@H](Cc2c[nH]c3ccccc23)NC(=O)CN2CCNCCN(CC(=O)O)CC2)CSSC[C@@H](C)NC1=O. The Balaban J connectivity index is 1.28. The van der Waals surface area contributed by atoms with Crippen LogP contribution in [0.2, 0.25) is 5.02 Å². The smallest absolute Gasteiger partial charge is 0.317 e. The van der Waals surface area contributed by atoms with Gasteiger partial charge in [-0.25, -0.2) is 0 Å². The van der Waals surface area contributed by atoms with Crippen molar-refractivity contribution in [3.05, 3.63) is 64.8 Å². The van der Waals surface area contributed by atoms with E-state index in [4.69, 9.17) is 11.6 Å². The molecular weight excluding hydrogens is 1130 g/mol. The van der Waals surface area contributed by atoms with Crippen molar-refractivity contribution in [3.8, 4) is 5.75 Å². The molecule has 0 radical (unpaired) electrons. The van der Waals surface area contributed by atoms with Gasteiger partial charge in [0, 0.05) is 137 Å². The van der Waals surface area contributed by atoms with E-state index >= 15 is 0 Å². The number of fused-ring (bicyclic) bond motifs is 2. The highest BCUT2D eigenvalue weighted by Crippen LogP contribution is 2.30. The predicted octanol–water partition coefficient (Wildman–Crippen LogP) is 2.19. The number of halogens is 1. The Morgan fingerprint density at radius 2 is 1.58 bits per heavy atom. The maximum atomic E-state index is 15.0. The van der Waals surface area contributed by atoms with E-state index in [0.717, 1.165) is 26.6 Å². The number of hydrogen-bond donors (Lipinski definition) is 10. The highest BCUT2D eigenvalue weighted by atomic mass is 35.5. The Morgan fingerprint density at radius 1 is 0.867 bits per heavy atom. The second kappa shape index (κ2) is 32.3. The van der Waals surface area contributed by atoms with Gasteiger partial charge in [-0.05, 0) is 61.4 Å². The number of ketones is 3. The molecule has 10 N–H and O–H groups in total. The molecule has 3 aliphatic rings. The highest BCUT2D eigenvalue weighted by molar-refractivity contribution is 8.76. The van der Waals surface area contributed by atoms with Gasteiger partial charge in [0.2, 0.25) is 29.5 Å². The number of Topliss-reactive ketones (excluding diaryl/α,β-unsaturated/α-hetero) is 3. The van der Waals surface area contributed by atoms with Crippen molar-refractivity contribution in [1.82, 2.24) is 46.3 Å². The number of aliphatic hydroxyl groups excluding tert-OH is 1. The summed E-state index contributed by atoms with van der Waals surface area (Å²) in [6, 6.07) is 7.25. The number of aliphatic carboxylic acids is 2. The van der Waals surface area contributed by atoms with E-state index in [2.05, 4.69) is 31.6 Å². The van der Waals surface area contributed by atoms with Crippen LogP contribution in [-0.2, 0) is 60.8 Å². The molecule has 8 atom stereocenters. The second-order valence-corrected chi connectivity index (χ2v) is 25.2. The fourth-order valence-electron chi connectivity index (χ4n) is 10.7. The number of phenols is 1. The number of carbonyl (C=O) groups is 10. The number of amides is 5. The molecule has 3 aliphatic heterocycles. The third kappa shape index (κ3) is 20.9. The monoisotopic (exact) mass is 1210 g/mol. The van der Waals surface area contributed by atoms with Gasteiger partial charge in [-0.1, -0.05) is 71.3 Å². The van der Waals surface area contributed by atoms with Gasteiger partial charge in [0.25, 0.3) is 0 Å². The molecule has 3 aromatic rings. The van der Waals surface area contributed by atoms with Crippen LogP contribution >= 0.6 is 33.2 Å². The van der Waals surface area contributed by atoms with Crippen LogP contribution in [0.1, 0.15) is 76.8 Å². The summed E-state index contributed by atoms with van der Waals surface area (Å²) in [5.41, 5.74) is 1.91. The van der Waals surface area contributed by atoms with E-state index in [1.54, 1.807) is 18.0 Å². The van der Waals surface area contributed by atoms with Gasteiger partial charge in [-0.15, -0.1) is 0 Å². The first-order valence-electron chi connectivity index (χ1n) is 28.1. The number of para-hydroxylation sites is 1. The minimum Gasteiger partial charge on any atom is -0.506 e. The molecular formula is C57H78ClN9O14S2. The summed E-state index contributed by atoms with van der Waals surface area (Å²) in [6.07, 6.45) is -1.53. The van der Waals surface area contributed by atoms with Crippen LogP contribution in [0.25, 0.3) is 10.9 Å².